The summed E-state index contributed by atoms with van der Waals surface area (Å²) in [5.74, 6) is 0.264. The summed E-state index contributed by atoms with van der Waals surface area (Å²) in [6.07, 6.45) is 5.49. The van der Waals surface area contributed by atoms with Crippen molar-refractivity contribution in [2.24, 2.45) is 5.92 Å². The summed E-state index contributed by atoms with van der Waals surface area (Å²) in [6.45, 7) is 5.92. The zero-order valence-electron chi connectivity index (χ0n) is 16.7. The van der Waals surface area contributed by atoms with Crippen LogP contribution in [-0.4, -0.2) is 30.1 Å². The summed E-state index contributed by atoms with van der Waals surface area (Å²) in [7, 11) is 0. The van der Waals surface area contributed by atoms with Gasteiger partial charge in [-0.05, 0) is 63.3 Å². The molecule has 28 heavy (non-hydrogen) atoms. The highest BCUT2D eigenvalue weighted by Gasteiger charge is 2.17. The minimum Gasteiger partial charge on any atom is -0.444 e. The largest absolute Gasteiger partial charge is 0.444 e. The van der Waals surface area contributed by atoms with E-state index in [1.807, 2.05) is 18.2 Å². The second kappa shape index (κ2) is 9.92. The van der Waals surface area contributed by atoms with Crippen molar-refractivity contribution in [3.63, 3.8) is 0 Å². The maximum absolute atomic E-state index is 11.9. The van der Waals surface area contributed by atoms with Gasteiger partial charge in [0.15, 0.2) is 0 Å². The van der Waals surface area contributed by atoms with E-state index in [0.29, 0.717) is 18.2 Å². The topological polar surface area (TPSA) is 96.5 Å². The Hall–Kier alpha value is -2.83. The molecule has 0 aliphatic heterocycles. The number of alkyl carbamates (subject to hydrolysis) is 1. The minimum absolute atomic E-state index is 0.134. The average Bonchev–Trinajstić information content (AvgIpc) is 3.42. The maximum atomic E-state index is 11.9. The van der Waals surface area contributed by atoms with Gasteiger partial charge in [-0.3, -0.25) is 9.59 Å². The molecule has 1 aliphatic rings. The summed E-state index contributed by atoms with van der Waals surface area (Å²) in [5.41, 5.74) is 1.06. The van der Waals surface area contributed by atoms with Crippen LogP contribution in [-0.2, 0) is 20.9 Å². The standard InChI is InChI=1S/C21H29N3O4/c1-21(2,3)28-20(27)22-13-12-18(25)23-14-16-6-9-17(10-7-16)24-19(26)11-8-15-4-5-15/h6-11,15H,4-5,12-14H2,1-3H3,(H,22,27)(H,23,25)(H,24,26)/b11-8+. The lowest BCUT2D eigenvalue weighted by Gasteiger charge is -2.19. The first-order valence-corrected chi connectivity index (χ1v) is 9.53. The molecule has 1 fully saturated rings. The number of hydrogen-bond donors (Lipinski definition) is 3. The van der Waals surface area contributed by atoms with Crippen LogP contribution in [0.5, 0.6) is 0 Å². The van der Waals surface area contributed by atoms with Crippen molar-refractivity contribution < 1.29 is 19.1 Å². The predicted octanol–water partition coefficient (Wildman–Crippen LogP) is 3.12. The van der Waals surface area contributed by atoms with E-state index < -0.39 is 11.7 Å². The predicted molar refractivity (Wildman–Crippen MR) is 108 cm³/mol. The number of amides is 3. The van der Waals surface area contributed by atoms with Gasteiger partial charge >= 0.3 is 6.09 Å². The van der Waals surface area contributed by atoms with Crippen molar-refractivity contribution in [2.45, 2.75) is 52.2 Å². The van der Waals surface area contributed by atoms with Crippen LogP contribution < -0.4 is 16.0 Å². The van der Waals surface area contributed by atoms with Crippen molar-refractivity contribution in [1.29, 1.82) is 0 Å². The number of benzene rings is 1. The van der Waals surface area contributed by atoms with Gasteiger partial charge in [0, 0.05) is 25.2 Å². The molecule has 1 saturated carbocycles. The van der Waals surface area contributed by atoms with E-state index in [1.165, 1.54) is 12.8 Å². The Balaban J connectivity index is 1.64. The summed E-state index contributed by atoms with van der Waals surface area (Å²) < 4.78 is 5.10. The molecule has 1 aromatic carbocycles. The fourth-order valence-electron chi connectivity index (χ4n) is 2.28. The molecule has 7 heteroatoms. The average molecular weight is 387 g/mol. The normalized spacial score (nSPS) is 13.8. The van der Waals surface area contributed by atoms with Crippen molar-refractivity contribution in [1.82, 2.24) is 10.6 Å². The third-order valence-electron chi connectivity index (χ3n) is 3.87. The second-order valence-corrected chi connectivity index (χ2v) is 7.84. The molecular weight excluding hydrogens is 358 g/mol. The number of hydrogen-bond acceptors (Lipinski definition) is 4. The minimum atomic E-state index is -0.564. The van der Waals surface area contributed by atoms with Gasteiger partial charge < -0.3 is 20.7 Å². The number of allylic oxidation sites excluding steroid dienone is 1. The van der Waals surface area contributed by atoms with E-state index in [4.69, 9.17) is 4.74 Å². The lowest BCUT2D eigenvalue weighted by Crippen LogP contribution is -2.35. The highest BCUT2D eigenvalue weighted by molar-refractivity contribution is 5.99. The van der Waals surface area contributed by atoms with Crippen molar-refractivity contribution in [2.75, 3.05) is 11.9 Å². The van der Waals surface area contributed by atoms with E-state index in [-0.39, 0.29) is 24.8 Å². The van der Waals surface area contributed by atoms with E-state index in [9.17, 15) is 14.4 Å². The highest BCUT2D eigenvalue weighted by atomic mass is 16.6. The van der Waals surface area contributed by atoms with E-state index in [2.05, 4.69) is 16.0 Å². The fraction of sp³-hybridized carbons (Fsp3) is 0.476. The third kappa shape index (κ3) is 9.21. The van der Waals surface area contributed by atoms with Gasteiger partial charge in [-0.15, -0.1) is 0 Å². The summed E-state index contributed by atoms with van der Waals surface area (Å²) in [4.78, 5) is 35.1. The molecule has 0 spiro atoms. The Kier molecular flexibility index (Phi) is 7.61. The van der Waals surface area contributed by atoms with Crippen LogP contribution >= 0.6 is 0 Å². The Morgan fingerprint density at radius 1 is 1.11 bits per heavy atom. The number of rotatable bonds is 8. The zero-order valence-corrected chi connectivity index (χ0v) is 16.7. The van der Waals surface area contributed by atoms with Gasteiger partial charge in [0.25, 0.3) is 0 Å². The van der Waals surface area contributed by atoms with Crippen LogP contribution in [0.15, 0.2) is 36.4 Å². The first-order chi connectivity index (χ1) is 13.2. The van der Waals surface area contributed by atoms with Crippen molar-refractivity contribution in [3.05, 3.63) is 42.0 Å². The molecule has 1 aromatic rings. The molecule has 0 bridgehead atoms. The molecule has 152 valence electrons. The van der Waals surface area contributed by atoms with Crippen molar-refractivity contribution >= 4 is 23.6 Å². The van der Waals surface area contributed by atoms with Gasteiger partial charge in [0.2, 0.25) is 11.8 Å². The molecule has 0 unspecified atom stereocenters. The molecule has 0 atom stereocenters. The van der Waals surface area contributed by atoms with E-state index in [1.54, 1.807) is 39.0 Å². The van der Waals surface area contributed by atoms with Gasteiger partial charge in [-0.1, -0.05) is 18.2 Å². The van der Waals surface area contributed by atoms with Crippen LogP contribution in [0.2, 0.25) is 0 Å². The Labute approximate surface area is 165 Å². The van der Waals surface area contributed by atoms with Crippen LogP contribution in [0, 0.1) is 5.92 Å². The molecule has 0 saturated heterocycles. The van der Waals surface area contributed by atoms with Gasteiger partial charge in [0.05, 0.1) is 0 Å². The van der Waals surface area contributed by atoms with Gasteiger partial charge in [-0.2, -0.15) is 0 Å². The zero-order chi connectivity index (χ0) is 20.6. The summed E-state index contributed by atoms with van der Waals surface area (Å²) in [6, 6.07) is 7.29. The summed E-state index contributed by atoms with van der Waals surface area (Å²) >= 11 is 0. The molecule has 3 amide bonds. The lowest BCUT2D eigenvalue weighted by molar-refractivity contribution is -0.121. The van der Waals surface area contributed by atoms with Crippen LogP contribution in [0.25, 0.3) is 0 Å². The van der Waals surface area contributed by atoms with Crippen molar-refractivity contribution in [3.8, 4) is 0 Å². The van der Waals surface area contributed by atoms with Gasteiger partial charge in [-0.25, -0.2) is 4.79 Å². The Bertz CT molecular complexity index is 716. The molecule has 0 radical (unpaired) electrons. The van der Waals surface area contributed by atoms with Crippen LogP contribution in [0.3, 0.4) is 0 Å². The number of carbonyl (C=O) groups is 3. The van der Waals surface area contributed by atoms with Crippen LogP contribution in [0.4, 0.5) is 10.5 Å². The van der Waals surface area contributed by atoms with E-state index in [0.717, 1.165) is 5.56 Å². The smallest absolute Gasteiger partial charge is 0.407 e. The molecule has 2 rings (SSSR count). The summed E-state index contributed by atoms with van der Waals surface area (Å²) in [5, 5.41) is 8.15. The number of nitrogens with one attached hydrogen (secondary N) is 3. The molecule has 3 N–H and O–H groups in total. The number of ether oxygens (including phenoxy) is 1. The first kappa shape index (κ1) is 21.5. The van der Waals surface area contributed by atoms with Crippen LogP contribution in [0.1, 0.15) is 45.6 Å². The quantitative estimate of drug-likeness (QED) is 0.597. The second-order valence-electron chi connectivity index (χ2n) is 7.84. The van der Waals surface area contributed by atoms with Gasteiger partial charge in [0.1, 0.15) is 5.60 Å². The number of anilines is 1. The molecular formula is C21H29N3O4. The SMILES string of the molecule is CC(C)(C)OC(=O)NCCC(=O)NCc1ccc(NC(=O)/C=C/C2CC2)cc1. The molecule has 0 heterocycles. The Morgan fingerprint density at radius 3 is 2.39 bits per heavy atom. The first-order valence-electron chi connectivity index (χ1n) is 9.53. The van der Waals surface area contributed by atoms with E-state index >= 15 is 0 Å². The highest BCUT2D eigenvalue weighted by Crippen LogP contribution is 2.29. The lowest BCUT2D eigenvalue weighted by atomic mass is 10.2. The monoisotopic (exact) mass is 387 g/mol. The third-order valence-corrected chi connectivity index (χ3v) is 3.87. The molecule has 0 aromatic heterocycles. The molecule has 1 aliphatic carbocycles. The Morgan fingerprint density at radius 2 is 1.79 bits per heavy atom. The molecule has 7 nitrogen and oxygen atoms in total. The fourth-order valence-corrected chi connectivity index (χ4v) is 2.28. The maximum Gasteiger partial charge on any atom is 0.407 e. The number of carbonyl (C=O) groups excluding carboxylic acids is 3.